The Morgan fingerprint density at radius 2 is 1.87 bits per heavy atom. The van der Waals surface area contributed by atoms with Gasteiger partial charge in [-0.25, -0.2) is 28.5 Å². The summed E-state index contributed by atoms with van der Waals surface area (Å²) in [5, 5.41) is 17.9. The number of carboxylic acids is 1. The third-order valence-electron chi connectivity index (χ3n) is 5.74. The number of nitrogens with two attached hydrogens (primary N) is 1. The topological polar surface area (TPSA) is 156 Å². The van der Waals surface area contributed by atoms with Crippen molar-refractivity contribution >= 4 is 40.6 Å². The fraction of sp³-hybridized carbons (Fsp3) is 0.125. The van der Waals surface area contributed by atoms with Gasteiger partial charge in [0.05, 0.1) is 16.8 Å². The van der Waals surface area contributed by atoms with E-state index in [1.54, 1.807) is 18.3 Å². The number of nitrogens with one attached hydrogen (secondary N) is 2. The molecule has 200 valence electrons. The van der Waals surface area contributed by atoms with Gasteiger partial charge in [-0.05, 0) is 35.9 Å². The second kappa shape index (κ2) is 9.59. The van der Waals surface area contributed by atoms with Crippen molar-refractivity contribution in [2.75, 3.05) is 23.0 Å². The number of amides is 2. The quantitative estimate of drug-likeness (QED) is 0.277. The smallest absolute Gasteiger partial charge is 0.416 e. The summed E-state index contributed by atoms with van der Waals surface area (Å²) in [6.45, 7) is -0.151. The molecule has 0 fully saturated rings. The molecule has 39 heavy (non-hydrogen) atoms. The van der Waals surface area contributed by atoms with Crippen LogP contribution in [0.2, 0.25) is 0 Å². The van der Waals surface area contributed by atoms with Gasteiger partial charge < -0.3 is 26.2 Å². The lowest BCUT2D eigenvalue weighted by atomic mass is 10.0. The molecule has 4 aromatic rings. The molecule has 5 N–H and O–H groups in total. The van der Waals surface area contributed by atoms with Crippen molar-refractivity contribution in [2.45, 2.75) is 12.2 Å². The molecule has 1 aliphatic heterocycles. The molecule has 1 aliphatic rings. The SMILES string of the molecule is Nc1ncnn2cc(C3=NC(C(=O)O)CO3)c(-c3ccc(NC(=O)Nc4cc(C(F)(F)F)ccc4F)cc3)c12. The third-order valence-corrected chi connectivity index (χ3v) is 5.74. The Labute approximate surface area is 215 Å². The fourth-order valence-electron chi connectivity index (χ4n) is 3.94. The van der Waals surface area contributed by atoms with E-state index >= 15 is 0 Å². The predicted octanol–water partition coefficient (Wildman–Crippen LogP) is 4.01. The number of anilines is 3. The van der Waals surface area contributed by atoms with E-state index in [0.717, 1.165) is 0 Å². The van der Waals surface area contributed by atoms with Gasteiger partial charge >= 0.3 is 18.2 Å². The van der Waals surface area contributed by atoms with E-state index in [1.165, 1.54) is 23.0 Å². The van der Waals surface area contributed by atoms with Crippen LogP contribution in [0.4, 0.5) is 39.5 Å². The number of ether oxygens (including phenoxy) is 1. The van der Waals surface area contributed by atoms with Gasteiger partial charge in [0, 0.05) is 17.4 Å². The van der Waals surface area contributed by atoms with Crippen LogP contribution >= 0.6 is 0 Å². The second-order valence-electron chi connectivity index (χ2n) is 8.30. The van der Waals surface area contributed by atoms with E-state index in [0.29, 0.717) is 40.4 Å². The van der Waals surface area contributed by atoms with Crippen LogP contribution in [0.5, 0.6) is 0 Å². The zero-order chi connectivity index (χ0) is 27.9. The summed E-state index contributed by atoms with van der Waals surface area (Å²) in [7, 11) is 0. The number of carbonyl (C=O) groups excluding carboxylic acids is 1. The maximum atomic E-state index is 14.0. The lowest BCUT2D eigenvalue weighted by Gasteiger charge is -2.12. The summed E-state index contributed by atoms with van der Waals surface area (Å²) < 4.78 is 59.7. The van der Waals surface area contributed by atoms with Gasteiger partial charge in [-0.1, -0.05) is 12.1 Å². The van der Waals surface area contributed by atoms with Crippen molar-refractivity contribution in [2.24, 2.45) is 4.99 Å². The molecule has 2 aromatic carbocycles. The Hall–Kier alpha value is -5.21. The zero-order valence-electron chi connectivity index (χ0n) is 19.5. The van der Waals surface area contributed by atoms with E-state index in [-0.39, 0.29) is 24.0 Å². The molecule has 0 saturated carbocycles. The number of aromatic nitrogens is 3. The molecule has 5 rings (SSSR count). The Morgan fingerprint density at radius 3 is 2.54 bits per heavy atom. The number of nitrogens with zero attached hydrogens (tertiary/aromatic N) is 4. The molecule has 2 amide bonds. The minimum absolute atomic E-state index is 0.0759. The number of benzene rings is 2. The first-order valence-electron chi connectivity index (χ1n) is 11.1. The minimum Gasteiger partial charge on any atom is -0.480 e. The van der Waals surface area contributed by atoms with Crippen LogP contribution in [0.25, 0.3) is 16.6 Å². The highest BCUT2D eigenvalue weighted by molar-refractivity contribution is 6.08. The summed E-state index contributed by atoms with van der Waals surface area (Å²) >= 11 is 0. The standard InChI is InChI=1S/C24H17F4N7O4/c25-15-6-3-12(24(26,27)28)7-16(15)34-23(38)32-13-4-1-11(2-5-13)18-14(21-33-17(9-39-21)22(36)37)8-35-19(18)20(29)30-10-31-35/h1-8,10,17H,9H2,(H,36,37)(H2,29,30,31)(H2,32,34,38). The van der Waals surface area contributed by atoms with Gasteiger partial charge in [-0.2, -0.15) is 18.3 Å². The predicted molar refractivity (Wildman–Crippen MR) is 131 cm³/mol. The molecule has 0 radical (unpaired) electrons. The molecule has 0 saturated heterocycles. The van der Waals surface area contributed by atoms with E-state index in [1.807, 2.05) is 0 Å². The van der Waals surface area contributed by atoms with E-state index in [4.69, 9.17) is 10.5 Å². The Morgan fingerprint density at radius 1 is 1.13 bits per heavy atom. The van der Waals surface area contributed by atoms with Gasteiger partial charge in [-0.3, -0.25) is 0 Å². The largest absolute Gasteiger partial charge is 0.480 e. The Bertz CT molecular complexity index is 1630. The number of alkyl halides is 3. The molecule has 0 spiro atoms. The number of urea groups is 1. The van der Waals surface area contributed by atoms with Crippen molar-refractivity contribution in [1.82, 2.24) is 14.6 Å². The van der Waals surface area contributed by atoms with Crippen LogP contribution in [-0.4, -0.2) is 50.3 Å². The van der Waals surface area contributed by atoms with Crippen molar-refractivity contribution in [3.05, 3.63) is 71.9 Å². The van der Waals surface area contributed by atoms with Crippen molar-refractivity contribution < 1.29 is 37.0 Å². The van der Waals surface area contributed by atoms with Gasteiger partial charge in [0.1, 0.15) is 24.3 Å². The summed E-state index contributed by atoms with van der Waals surface area (Å²) in [5.41, 5.74) is 6.40. The summed E-state index contributed by atoms with van der Waals surface area (Å²) in [5.74, 6) is -1.98. The van der Waals surface area contributed by atoms with E-state index < -0.39 is 41.3 Å². The highest BCUT2D eigenvalue weighted by atomic mass is 19.4. The Kier molecular flexibility index (Phi) is 6.25. The van der Waals surface area contributed by atoms with Gasteiger partial charge in [0.15, 0.2) is 11.9 Å². The number of carbonyl (C=O) groups is 2. The molecule has 11 nitrogen and oxygen atoms in total. The number of halogens is 4. The molecule has 3 heterocycles. The maximum absolute atomic E-state index is 14.0. The fourth-order valence-corrected chi connectivity index (χ4v) is 3.94. The summed E-state index contributed by atoms with van der Waals surface area (Å²) in [6.07, 6.45) is -1.91. The number of aliphatic imine (C=N–C) groups is 1. The number of fused-ring (bicyclic) bond motifs is 1. The van der Waals surface area contributed by atoms with Gasteiger partial charge in [0.2, 0.25) is 5.90 Å². The lowest BCUT2D eigenvalue weighted by molar-refractivity contribution is -0.139. The lowest BCUT2D eigenvalue weighted by Crippen LogP contribution is -2.20. The number of carboxylic acid groups (broad SMARTS) is 1. The number of nitrogen functional groups attached to an aromatic ring is 1. The summed E-state index contributed by atoms with van der Waals surface area (Å²) in [6, 6.07) is 5.79. The van der Waals surface area contributed by atoms with Crippen LogP contribution < -0.4 is 16.4 Å². The average Bonchev–Trinajstić information content (AvgIpc) is 3.51. The first kappa shape index (κ1) is 25.4. The number of aliphatic carboxylic acids is 1. The monoisotopic (exact) mass is 543 g/mol. The van der Waals surface area contributed by atoms with Gasteiger partial charge in [0.25, 0.3) is 0 Å². The van der Waals surface area contributed by atoms with Crippen LogP contribution in [0.3, 0.4) is 0 Å². The van der Waals surface area contributed by atoms with Gasteiger partial charge in [-0.15, -0.1) is 0 Å². The molecular weight excluding hydrogens is 526 g/mol. The van der Waals surface area contributed by atoms with E-state index in [2.05, 4.69) is 25.7 Å². The second-order valence-corrected chi connectivity index (χ2v) is 8.30. The van der Waals surface area contributed by atoms with Crippen LogP contribution in [-0.2, 0) is 15.7 Å². The minimum atomic E-state index is -4.71. The number of rotatable bonds is 5. The molecule has 2 aromatic heterocycles. The van der Waals surface area contributed by atoms with Crippen LogP contribution in [0.15, 0.2) is 60.0 Å². The average molecular weight is 543 g/mol. The summed E-state index contributed by atoms with van der Waals surface area (Å²) in [4.78, 5) is 31.8. The van der Waals surface area contributed by atoms with Crippen molar-refractivity contribution in [3.63, 3.8) is 0 Å². The van der Waals surface area contributed by atoms with Crippen LogP contribution in [0.1, 0.15) is 11.1 Å². The molecular formula is C24H17F4N7O4. The maximum Gasteiger partial charge on any atom is 0.416 e. The highest BCUT2D eigenvalue weighted by Crippen LogP contribution is 2.35. The number of hydrogen-bond donors (Lipinski definition) is 4. The molecule has 15 heteroatoms. The highest BCUT2D eigenvalue weighted by Gasteiger charge is 2.32. The van der Waals surface area contributed by atoms with Crippen LogP contribution in [0, 0.1) is 5.82 Å². The Balaban J connectivity index is 1.42. The molecule has 0 bridgehead atoms. The van der Waals surface area contributed by atoms with Crippen molar-refractivity contribution in [3.8, 4) is 11.1 Å². The number of hydrogen-bond acceptors (Lipinski definition) is 7. The molecule has 1 unspecified atom stereocenters. The van der Waals surface area contributed by atoms with E-state index in [9.17, 15) is 32.3 Å². The zero-order valence-corrected chi connectivity index (χ0v) is 19.5. The first-order valence-corrected chi connectivity index (χ1v) is 11.1. The molecule has 1 atom stereocenters. The molecule has 0 aliphatic carbocycles. The normalized spacial score (nSPS) is 15.1. The first-order chi connectivity index (χ1) is 18.5. The van der Waals surface area contributed by atoms with Crippen molar-refractivity contribution in [1.29, 1.82) is 0 Å². The third kappa shape index (κ3) is 5.01.